The van der Waals surface area contributed by atoms with E-state index in [9.17, 15) is 52.5 Å². The molecule has 2 heterocycles. The number of fused-ring (bicyclic) bond motifs is 3. The number of nitrogen functional groups attached to an aromatic ring is 1. The Morgan fingerprint density at radius 2 is 1.52 bits per heavy atom. The number of nitrogens with two attached hydrogens (primary N) is 1. The molecule has 56 heavy (non-hydrogen) atoms. The molecule has 1 saturated heterocycles. The van der Waals surface area contributed by atoms with Crippen LogP contribution in [-0.4, -0.2) is 65.2 Å². The number of nitrogens with zero attached hydrogens (tertiary/aromatic N) is 2. The first-order valence-corrected chi connectivity index (χ1v) is 23.4. The molecule has 7 atom stereocenters. The number of anilines is 1. The first-order valence-electron chi connectivity index (χ1n) is 17.0. The van der Waals surface area contributed by atoms with E-state index in [0.717, 1.165) is 26.8 Å². The second kappa shape index (κ2) is 18.7. The fourth-order valence-corrected chi connectivity index (χ4v) is 12.3. The zero-order valence-electron chi connectivity index (χ0n) is 29.4. The van der Waals surface area contributed by atoms with E-state index in [1.807, 2.05) is 48.5 Å². The molecule has 1 fully saturated rings. The van der Waals surface area contributed by atoms with Crippen LogP contribution in [0.25, 0.3) is 11.1 Å². The number of hydrogen-bond donors (Lipinski definition) is 3. The zero-order valence-corrected chi connectivity index (χ0v) is 33.0. The van der Waals surface area contributed by atoms with Crippen LogP contribution in [0.2, 0.25) is 0 Å². The molecule has 2 aromatic carbocycles. The molecule has 0 bridgehead atoms. The summed E-state index contributed by atoms with van der Waals surface area (Å²) in [4.78, 5) is 76.4. The number of phosphoric ester groups is 1. The standard InChI is InChI=1S/C31H42N4O17P4/c32-28-13-15-35(30(37)34-28)29-17-26(36)27(50-29)19-49-55(43,44)52-56(45,46)51-54(41,42)20-53(39,40)48-16-8-2-1-7-14-33-31(38)47-18-25-23-11-5-3-9-21(23)22-10-4-6-12-24(22)25/h3-6,9-13,15,25-27,29,36H,1-2,7-8,14,16-20H2,(H,33,38)(H,39,40)(H,41,42)(H,43,44)(H,45,46)(H2,32,34,37)/p-4/t26-,27-,29-/m1/s1. The minimum absolute atomic E-state index is 0.0882. The van der Waals surface area contributed by atoms with Gasteiger partial charge in [0.05, 0.1) is 25.2 Å². The quantitative estimate of drug-likeness (QED) is 0.107. The largest absolute Gasteiger partial charge is 0.778 e. The summed E-state index contributed by atoms with van der Waals surface area (Å²) in [7, 11) is -23.4. The molecule has 3 aromatic rings. The summed E-state index contributed by atoms with van der Waals surface area (Å²) in [6.45, 7) is -1.08. The number of aliphatic hydroxyl groups is 1. The molecular formula is C31H38N4O17P4-4. The van der Waals surface area contributed by atoms with Gasteiger partial charge in [-0.1, -0.05) is 61.4 Å². The van der Waals surface area contributed by atoms with Gasteiger partial charge in [0.15, 0.2) is 7.60 Å². The number of carbonyl (C=O) groups is 1. The molecule has 0 spiro atoms. The highest BCUT2D eigenvalue weighted by atomic mass is 31.3. The first kappa shape index (κ1) is 44.0. The summed E-state index contributed by atoms with van der Waals surface area (Å²) in [6.07, 6.45) is -1.97. The van der Waals surface area contributed by atoms with Gasteiger partial charge in [0.25, 0.3) is 15.6 Å². The van der Waals surface area contributed by atoms with E-state index in [-0.39, 0.29) is 37.7 Å². The molecule has 25 heteroatoms. The molecule has 1 aliphatic heterocycles. The fraction of sp³-hybridized carbons (Fsp3) is 0.452. The number of unbranched alkanes of at least 4 members (excludes halogenated alkanes) is 3. The molecule has 1 amide bonds. The van der Waals surface area contributed by atoms with E-state index in [4.69, 9.17) is 15.2 Å². The van der Waals surface area contributed by atoms with Crippen molar-refractivity contribution < 1.29 is 74.9 Å². The van der Waals surface area contributed by atoms with E-state index >= 15 is 0 Å². The average molecular weight is 863 g/mol. The summed E-state index contributed by atoms with van der Waals surface area (Å²) in [5.41, 5.74) is 8.94. The Kier molecular flexibility index (Phi) is 14.7. The molecule has 2 aliphatic rings. The van der Waals surface area contributed by atoms with E-state index < -0.39 is 80.2 Å². The third-order valence-corrected chi connectivity index (χ3v) is 15.7. The number of amides is 1. The number of rotatable bonds is 20. The van der Waals surface area contributed by atoms with Gasteiger partial charge in [-0.2, -0.15) is 4.98 Å². The van der Waals surface area contributed by atoms with Crippen molar-refractivity contribution in [3.63, 3.8) is 0 Å². The zero-order chi connectivity index (χ0) is 40.7. The number of alkyl carbamates (subject to hydrolysis) is 1. The Morgan fingerprint density at radius 3 is 2.18 bits per heavy atom. The Labute approximate surface area is 320 Å². The predicted molar refractivity (Wildman–Crippen MR) is 188 cm³/mol. The minimum Gasteiger partial charge on any atom is -0.778 e. The van der Waals surface area contributed by atoms with Crippen molar-refractivity contribution in [3.8, 4) is 11.1 Å². The lowest BCUT2D eigenvalue weighted by molar-refractivity contribution is -0.246. The molecule has 4 N–H and O–H groups in total. The van der Waals surface area contributed by atoms with E-state index in [0.29, 0.717) is 19.3 Å². The highest BCUT2D eigenvalue weighted by molar-refractivity contribution is 7.73. The minimum atomic E-state index is -6.31. The fourth-order valence-electron chi connectivity index (χ4n) is 6.06. The topological polar surface area (TPSA) is 326 Å². The summed E-state index contributed by atoms with van der Waals surface area (Å²) < 4.78 is 76.9. The van der Waals surface area contributed by atoms with E-state index in [2.05, 4.69) is 28.0 Å². The number of nitrogens with one attached hydrogen (secondary N) is 1. The lowest BCUT2D eigenvalue weighted by Crippen LogP contribution is -2.29. The second-order valence-corrected chi connectivity index (χ2v) is 19.9. The van der Waals surface area contributed by atoms with Gasteiger partial charge in [-0.25, -0.2) is 13.9 Å². The van der Waals surface area contributed by atoms with Gasteiger partial charge in [0.1, 0.15) is 32.4 Å². The van der Waals surface area contributed by atoms with Gasteiger partial charge >= 0.3 is 11.8 Å². The van der Waals surface area contributed by atoms with Crippen molar-refractivity contribution in [1.82, 2.24) is 14.9 Å². The predicted octanol–water partition coefficient (Wildman–Crippen LogP) is 1.64. The van der Waals surface area contributed by atoms with Crippen molar-refractivity contribution in [3.05, 3.63) is 82.4 Å². The molecule has 5 rings (SSSR count). The second-order valence-electron chi connectivity index (χ2n) is 12.7. The molecular weight excluding hydrogens is 824 g/mol. The number of carbonyl (C=O) groups excluding carboxylic acids is 1. The van der Waals surface area contributed by atoms with Crippen LogP contribution in [-0.2, 0) is 45.4 Å². The lowest BCUT2D eigenvalue weighted by atomic mass is 9.98. The molecule has 308 valence electrons. The normalized spacial score (nSPS) is 22.2. The van der Waals surface area contributed by atoms with E-state index in [1.165, 1.54) is 12.3 Å². The van der Waals surface area contributed by atoms with Crippen molar-refractivity contribution in [2.24, 2.45) is 0 Å². The van der Waals surface area contributed by atoms with Crippen molar-refractivity contribution in [2.75, 3.05) is 38.0 Å². The van der Waals surface area contributed by atoms with Crippen LogP contribution in [0.15, 0.2) is 65.6 Å². The first-order chi connectivity index (χ1) is 26.3. The van der Waals surface area contributed by atoms with Crippen LogP contribution < -0.4 is 36.3 Å². The Hall–Kier alpha value is -3.09. The number of aliphatic hydroxyl groups excluding tert-OH is 1. The Morgan fingerprint density at radius 1 is 0.875 bits per heavy atom. The van der Waals surface area contributed by atoms with Crippen LogP contribution in [0, 0.1) is 0 Å². The number of hydrogen-bond acceptors (Lipinski definition) is 19. The third-order valence-electron chi connectivity index (χ3n) is 8.51. The summed E-state index contributed by atoms with van der Waals surface area (Å²) in [5.74, 6) is -2.13. The molecule has 4 unspecified atom stereocenters. The monoisotopic (exact) mass is 862 g/mol. The summed E-state index contributed by atoms with van der Waals surface area (Å²) >= 11 is 0. The summed E-state index contributed by atoms with van der Waals surface area (Å²) in [6, 6.07) is 17.1. The van der Waals surface area contributed by atoms with Gasteiger partial charge < -0.3 is 63.4 Å². The highest BCUT2D eigenvalue weighted by Crippen LogP contribution is 2.65. The molecule has 0 radical (unpaired) electrons. The maximum Gasteiger partial charge on any atom is 0.407 e. The maximum absolute atomic E-state index is 12.3. The SMILES string of the molecule is Nc1ccn([C@H]2C[C@@H](O)[C@@H](COP(=O)([O-])OP(=O)([O-])OP(=O)([O-])CP(=O)([O-])OCCCCCCNC(=O)OCC3c4ccccc4-c4ccccc43)O2)c(=O)n1. The molecule has 0 saturated carbocycles. The van der Waals surface area contributed by atoms with Crippen LogP contribution in [0.3, 0.4) is 0 Å². The number of benzene rings is 2. The van der Waals surface area contributed by atoms with Crippen LogP contribution in [0.1, 0.15) is 55.4 Å². The maximum atomic E-state index is 12.3. The third kappa shape index (κ3) is 12.5. The average Bonchev–Trinajstić information content (AvgIpc) is 3.62. The van der Waals surface area contributed by atoms with Crippen molar-refractivity contribution in [2.45, 2.75) is 56.5 Å². The molecule has 21 nitrogen and oxygen atoms in total. The number of aromatic nitrogens is 2. The Balaban J connectivity index is 0.951. The van der Waals surface area contributed by atoms with Crippen LogP contribution in [0.4, 0.5) is 10.6 Å². The summed E-state index contributed by atoms with van der Waals surface area (Å²) in [5, 5.41) is 12.8. The van der Waals surface area contributed by atoms with Gasteiger partial charge in [-0.15, -0.1) is 0 Å². The molecule has 1 aliphatic carbocycles. The number of phosphoric acid groups is 2. The van der Waals surface area contributed by atoms with Gasteiger partial charge in [0.2, 0.25) is 0 Å². The lowest BCUT2D eigenvalue weighted by Gasteiger charge is -2.37. The molecule has 1 aromatic heterocycles. The van der Waals surface area contributed by atoms with Gasteiger partial charge in [0, 0.05) is 25.1 Å². The van der Waals surface area contributed by atoms with Crippen molar-refractivity contribution >= 4 is 42.7 Å². The highest BCUT2D eigenvalue weighted by Gasteiger charge is 2.37. The van der Waals surface area contributed by atoms with Crippen molar-refractivity contribution in [1.29, 1.82) is 0 Å². The smallest absolute Gasteiger partial charge is 0.407 e. The van der Waals surface area contributed by atoms with Gasteiger partial charge in [-0.05, 0) is 41.2 Å². The van der Waals surface area contributed by atoms with Crippen LogP contribution >= 0.6 is 30.8 Å². The van der Waals surface area contributed by atoms with Gasteiger partial charge in [-0.3, -0.25) is 18.0 Å². The number of ether oxygens (including phenoxy) is 2. The van der Waals surface area contributed by atoms with E-state index in [1.54, 1.807) is 0 Å². The Bertz CT molecular complexity index is 2080. The van der Waals surface area contributed by atoms with Crippen LogP contribution in [0.5, 0.6) is 0 Å².